The van der Waals surface area contributed by atoms with Crippen molar-refractivity contribution in [1.82, 2.24) is 10.2 Å². The Morgan fingerprint density at radius 3 is 2.45 bits per heavy atom. The fourth-order valence-electron chi connectivity index (χ4n) is 2.74. The van der Waals surface area contributed by atoms with E-state index in [1.165, 1.54) is 37.0 Å². The monoisotopic (exact) mass is 284 g/mol. The van der Waals surface area contributed by atoms with Crippen LogP contribution in [0.2, 0.25) is 0 Å². The van der Waals surface area contributed by atoms with Gasteiger partial charge in [-0.1, -0.05) is 26.2 Å². The fraction of sp³-hybridized carbons (Fsp3) is 0.867. The zero-order valence-corrected chi connectivity index (χ0v) is 12.7. The summed E-state index contributed by atoms with van der Waals surface area (Å²) in [6.07, 6.45) is 8.36. The largest absolute Gasteiger partial charge is 0.481 e. The minimum absolute atomic E-state index is 0.00627. The predicted octanol–water partition coefficient (Wildman–Crippen LogP) is 2.85. The molecule has 1 fully saturated rings. The van der Waals surface area contributed by atoms with Crippen LogP contribution in [-0.2, 0) is 4.79 Å². The van der Waals surface area contributed by atoms with E-state index >= 15 is 0 Å². The van der Waals surface area contributed by atoms with E-state index in [1.807, 2.05) is 0 Å². The summed E-state index contributed by atoms with van der Waals surface area (Å²) in [5.74, 6) is -0.0473. The molecule has 20 heavy (non-hydrogen) atoms. The van der Waals surface area contributed by atoms with Gasteiger partial charge in [0.05, 0.1) is 6.42 Å². The maximum Gasteiger partial charge on any atom is 0.317 e. The number of aliphatic carboxylic acids is 1. The number of unbranched alkanes of at least 4 members (excludes halogenated alkanes) is 1. The van der Waals surface area contributed by atoms with Gasteiger partial charge in [-0.2, -0.15) is 0 Å². The van der Waals surface area contributed by atoms with Crippen molar-refractivity contribution in [3.8, 4) is 0 Å². The highest BCUT2D eigenvalue weighted by molar-refractivity contribution is 5.75. The second kappa shape index (κ2) is 8.82. The predicted molar refractivity (Wildman–Crippen MR) is 78.7 cm³/mol. The molecule has 2 amide bonds. The Bertz CT molecular complexity index is 312. The average molecular weight is 284 g/mol. The van der Waals surface area contributed by atoms with Crippen molar-refractivity contribution in [2.24, 2.45) is 5.92 Å². The molecule has 0 aromatic carbocycles. The van der Waals surface area contributed by atoms with Crippen molar-refractivity contribution >= 4 is 12.0 Å². The highest BCUT2D eigenvalue weighted by Crippen LogP contribution is 2.28. The van der Waals surface area contributed by atoms with Crippen molar-refractivity contribution in [2.45, 2.75) is 64.3 Å². The van der Waals surface area contributed by atoms with Crippen molar-refractivity contribution in [3.63, 3.8) is 0 Å². The molecule has 0 bridgehead atoms. The molecule has 0 heterocycles. The summed E-state index contributed by atoms with van der Waals surface area (Å²) in [5.41, 5.74) is 0. The summed E-state index contributed by atoms with van der Waals surface area (Å²) in [7, 11) is 1.64. The standard InChI is InChI=1S/C15H28N2O3/c1-3-4-5-12-6-8-13(9-7-12)16-15(20)17(2)11-10-14(18)19/h12-13H,3-11H2,1-2H3,(H,16,20)(H,18,19). The number of rotatable bonds is 7. The van der Waals surface area contributed by atoms with E-state index in [1.54, 1.807) is 7.05 Å². The average Bonchev–Trinajstić information content (AvgIpc) is 2.43. The molecule has 0 aromatic rings. The van der Waals surface area contributed by atoms with Crippen LogP contribution < -0.4 is 5.32 Å². The second-order valence-electron chi connectivity index (χ2n) is 5.87. The number of nitrogens with zero attached hydrogens (tertiary/aromatic N) is 1. The number of carbonyl (C=O) groups excluding carboxylic acids is 1. The Morgan fingerprint density at radius 2 is 1.90 bits per heavy atom. The van der Waals surface area contributed by atoms with Crippen molar-refractivity contribution in [2.75, 3.05) is 13.6 Å². The molecule has 1 aliphatic carbocycles. The molecular weight excluding hydrogens is 256 g/mol. The number of carboxylic acid groups (broad SMARTS) is 1. The van der Waals surface area contributed by atoms with E-state index in [9.17, 15) is 9.59 Å². The molecule has 0 spiro atoms. The van der Waals surface area contributed by atoms with E-state index < -0.39 is 5.97 Å². The van der Waals surface area contributed by atoms with Gasteiger partial charge in [0, 0.05) is 19.6 Å². The molecular formula is C15H28N2O3. The molecule has 5 heteroatoms. The Morgan fingerprint density at radius 1 is 1.25 bits per heavy atom. The number of hydrogen-bond donors (Lipinski definition) is 2. The zero-order chi connectivity index (χ0) is 15.0. The lowest BCUT2D eigenvalue weighted by Gasteiger charge is -2.30. The van der Waals surface area contributed by atoms with Gasteiger partial charge in [0.1, 0.15) is 0 Å². The molecule has 1 saturated carbocycles. The van der Waals surface area contributed by atoms with Crippen LogP contribution in [0.1, 0.15) is 58.3 Å². The first-order valence-corrected chi connectivity index (χ1v) is 7.76. The van der Waals surface area contributed by atoms with E-state index in [0.717, 1.165) is 18.8 Å². The normalized spacial score (nSPS) is 22.3. The first-order chi connectivity index (χ1) is 9.52. The summed E-state index contributed by atoms with van der Waals surface area (Å²) >= 11 is 0. The van der Waals surface area contributed by atoms with Gasteiger partial charge in [0.15, 0.2) is 0 Å². The summed E-state index contributed by atoms with van der Waals surface area (Å²) in [6.45, 7) is 2.48. The molecule has 1 rings (SSSR count). The van der Waals surface area contributed by atoms with Gasteiger partial charge in [0.25, 0.3) is 0 Å². The summed E-state index contributed by atoms with van der Waals surface area (Å²) in [4.78, 5) is 23.8. The molecule has 2 N–H and O–H groups in total. The Labute approximate surface area is 121 Å². The van der Waals surface area contributed by atoms with Gasteiger partial charge in [-0.25, -0.2) is 4.79 Å². The fourth-order valence-corrected chi connectivity index (χ4v) is 2.74. The van der Waals surface area contributed by atoms with Gasteiger partial charge >= 0.3 is 12.0 Å². The number of urea groups is 1. The molecule has 0 aromatic heterocycles. The highest BCUT2D eigenvalue weighted by Gasteiger charge is 2.23. The molecule has 116 valence electrons. The Balaban J connectivity index is 2.22. The highest BCUT2D eigenvalue weighted by atomic mass is 16.4. The van der Waals surface area contributed by atoms with Gasteiger partial charge in [-0.05, 0) is 31.6 Å². The topological polar surface area (TPSA) is 69.6 Å². The van der Waals surface area contributed by atoms with E-state index in [-0.39, 0.29) is 25.0 Å². The van der Waals surface area contributed by atoms with Crippen LogP contribution in [-0.4, -0.2) is 41.6 Å². The number of nitrogens with one attached hydrogen (secondary N) is 1. The van der Waals surface area contributed by atoms with Crippen LogP contribution in [0.25, 0.3) is 0 Å². The molecule has 0 aliphatic heterocycles. The first-order valence-electron chi connectivity index (χ1n) is 7.76. The van der Waals surface area contributed by atoms with Crippen LogP contribution in [0, 0.1) is 5.92 Å². The van der Waals surface area contributed by atoms with Crippen molar-refractivity contribution in [3.05, 3.63) is 0 Å². The molecule has 5 nitrogen and oxygen atoms in total. The van der Waals surface area contributed by atoms with Gasteiger partial charge in [-0.15, -0.1) is 0 Å². The van der Waals surface area contributed by atoms with Crippen LogP contribution >= 0.6 is 0 Å². The third-order valence-electron chi connectivity index (χ3n) is 4.15. The molecule has 0 radical (unpaired) electrons. The van der Waals surface area contributed by atoms with E-state index in [0.29, 0.717) is 0 Å². The maximum absolute atomic E-state index is 11.9. The zero-order valence-electron chi connectivity index (χ0n) is 12.7. The minimum Gasteiger partial charge on any atom is -0.481 e. The summed E-state index contributed by atoms with van der Waals surface area (Å²) < 4.78 is 0. The Kier molecular flexibility index (Phi) is 7.41. The maximum atomic E-state index is 11.9. The molecule has 0 unspecified atom stereocenters. The SMILES string of the molecule is CCCCC1CCC(NC(=O)N(C)CCC(=O)O)CC1. The van der Waals surface area contributed by atoms with E-state index in [4.69, 9.17) is 5.11 Å². The lowest BCUT2D eigenvalue weighted by Crippen LogP contribution is -2.45. The number of carbonyl (C=O) groups is 2. The minimum atomic E-state index is -0.874. The van der Waals surface area contributed by atoms with Crippen LogP contribution in [0.15, 0.2) is 0 Å². The van der Waals surface area contributed by atoms with Gasteiger partial charge in [-0.3, -0.25) is 4.79 Å². The third kappa shape index (κ3) is 6.26. The number of carboxylic acids is 1. The molecule has 1 aliphatic rings. The molecule has 0 saturated heterocycles. The smallest absolute Gasteiger partial charge is 0.317 e. The summed E-state index contributed by atoms with van der Waals surface area (Å²) in [5, 5.41) is 11.6. The third-order valence-corrected chi connectivity index (χ3v) is 4.15. The van der Waals surface area contributed by atoms with Crippen LogP contribution in [0.3, 0.4) is 0 Å². The number of hydrogen-bond acceptors (Lipinski definition) is 2. The second-order valence-corrected chi connectivity index (χ2v) is 5.87. The van der Waals surface area contributed by atoms with Gasteiger partial charge < -0.3 is 15.3 Å². The van der Waals surface area contributed by atoms with Crippen LogP contribution in [0.4, 0.5) is 4.79 Å². The van der Waals surface area contributed by atoms with Crippen molar-refractivity contribution in [1.29, 1.82) is 0 Å². The van der Waals surface area contributed by atoms with Crippen molar-refractivity contribution < 1.29 is 14.7 Å². The first kappa shape index (κ1) is 16.8. The van der Waals surface area contributed by atoms with Gasteiger partial charge in [0.2, 0.25) is 0 Å². The van der Waals surface area contributed by atoms with E-state index in [2.05, 4.69) is 12.2 Å². The lowest BCUT2D eigenvalue weighted by atomic mass is 9.83. The molecule has 0 atom stereocenters. The number of amides is 2. The van der Waals surface area contributed by atoms with Crippen LogP contribution in [0.5, 0.6) is 0 Å². The Hall–Kier alpha value is -1.26. The summed E-state index contributed by atoms with van der Waals surface area (Å²) in [6, 6.07) is 0.107. The lowest BCUT2D eigenvalue weighted by molar-refractivity contribution is -0.137. The quantitative estimate of drug-likeness (QED) is 0.755.